The fourth-order valence-corrected chi connectivity index (χ4v) is 4.24. The standard InChI is InChI=1S/C17H30N4/c1-12(2)10-14-6-4-7-15(11-14)18-13(3)17-20-19-16-8-5-9-21(16)17/h12-15,18H,4-11H2,1-3H3. The second kappa shape index (κ2) is 6.47. The van der Waals surface area contributed by atoms with Crippen LogP contribution in [0, 0.1) is 11.8 Å². The summed E-state index contributed by atoms with van der Waals surface area (Å²) in [5, 5.41) is 12.6. The zero-order valence-electron chi connectivity index (χ0n) is 13.8. The fourth-order valence-electron chi connectivity index (χ4n) is 4.24. The van der Waals surface area contributed by atoms with Gasteiger partial charge >= 0.3 is 0 Å². The Morgan fingerprint density at radius 3 is 2.86 bits per heavy atom. The summed E-state index contributed by atoms with van der Waals surface area (Å²) < 4.78 is 2.33. The van der Waals surface area contributed by atoms with Crippen molar-refractivity contribution in [3.05, 3.63) is 11.6 Å². The van der Waals surface area contributed by atoms with E-state index in [9.17, 15) is 0 Å². The Morgan fingerprint density at radius 1 is 1.19 bits per heavy atom. The number of rotatable bonds is 5. The van der Waals surface area contributed by atoms with E-state index in [1.807, 2.05) is 0 Å². The third-order valence-corrected chi connectivity index (χ3v) is 5.10. The number of hydrogen-bond donors (Lipinski definition) is 1. The molecule has 3 unspecified atom stereocenters. The predicted molar refractivity (Wildman–Crippen MR) is 85.1 cm³/mol. The molecule has 2 aliphatic rings. The van der Waals surface area contributed by atoms with Crippen molar-refractivity contribution in [3.63, 3.8) is 0 Å². The van der Waals surface area contributed by atoms with Gasteiger partial charge in [0.2, 0.25) is 0 Å². The lowest BCUT2D eigenvalue weighted by Crippen LogP contribution is -2.37. The first-order valence-corrected chi connectivity index (χ1v) is 8.81. The van der Waals surface area contributed by atoms with Gasteiger partial charge in [-0.1, -0.05) is 26.7 Å². The normalized spacial score (nSPS) is 27.0. The molecule has 1 aliphatic heterocycles. The largest absolute Gasteiger partial charge is 0.314 e. The minimum Gasteiger partial charge on any atom is -0.314 e. The van der Waals surface area contributed by atoms with Crippen molar-refractivity contribution in [1.82, 2.24) is 20.1 Å². The van der Waals surface area contributed by atoms with Crippen molar-refractivity contribution >= 4 is 0 Å². The van der Waals surface area contributed by atoms with Crippen LogP contribution in [-0.2, 0) is 13.0 Å². The first kappa shape index (κ1) is 15.0. The average Bonchev–Trinajstić information content (AvgIpc) is 2.99. The van der Waals surface area contributed by atoms with Crippen LogP contribution in [0.2, 0.25) is 0 Å². The van der Waals surface area contributed by atoms with Crippen LogP contribution >= 0.6 is 0 Å². The second-order valence-corrected chi connectivity index (χ2v) is 7.48. The van der Waals surface area contributed by atoms with Crippen LogP contribution in [0.3, 0.4) is 0 Å². The summed E-state index contributed by atoms with van der Waals surface area (Å²) in [6, 6.07) is 0.985. The molecule has 118 valence electrons. The highest BCUT2D eigenvalue weighted by molar-refractivity contribution is 5.04. The van der Waals surface area contributed by atoms with Crippen LogP contribution < -0.4 is 5.32 Å². The Morgan fingerprint density at radius 2 is 2.05 bits per heavy atom. The summed E-state index contributed by atoms with van der Waals surface area (Å²) in [6.07, 6.45) is 9.16. The number of fused-ring (bicyclic) bond motifs is 1. The molecule has 0 amide bonds. The zero-order valence-corrected chi connectivity index (χ0v) is 13.8. The molecular formula is C17H30N4. The van der Waals surface area contributed by atoms with Gasteiger partial charge in [-0.3, -0.25) is 0 Å². The second-order valence-electron chi connectivity index (χ2n) is 7.48. The lowest BCUT2D eigenvalue weighted by Gasteiger charge is -2.32. The molecule has 1 aliphatic carbocycles. The third-order valence-electron chi connectivity index (χ3n) is 5.10. The Kier molecular flexibility index (Phi) is 4.63. The Balaban J connectivity index is 1.58. The summed E-state index contributed by atoms with van der Waals surface area (Å²) in [7, 11) is 0. The van der Waals surface area contributed by atoms with Gasteiger partial charge in [-0.05, 0) is 44.4 Å². The van der Waals surface area contributed by atoms with Crippen molar-refractivity contribution < 1.29 is 0 Å². The van der Waals surface area contributed by atoms with Gasteiger partial charge in [0.05, 0.1) is 6.04 Å². The van der Waals surface area contributed by atoms with Crippen LogP contribution in [0.5, 0.6) is 0 Å². The lowest BCUT2D eigenvalue weighted by molar-refractivity contribution is 0.240. The molecule has 0 bridgehead atoms. The van der Waals surface area contributed by atoms with Gasteiger partial charge in [-0.15, -0.1) is 10.2 Å². The zero-order chi connectivity index (χ0) is 14.8. The minimum absolute atomic E-state index is 0.326. The van der Waals surface area contributed by atoms with E-state index in [1.165, 1.54) is 44.3 Å². The molecule has 0 radical (unpaired) electrons. The van der Waals surface area contributed by atoms with Crippen LogP contribution in [0.15, 0.2) is 0 Å². The fraction of sp³-hybridized carbons (Fsp3) is 0.882. The molecule has 0 saturated heterocycles. The number of nitrogens with one attached hydrogen (secondary N) is 1. The van der Waals surface area contributed by atoms with E-state index >= 15 is 0 Å². The molecular weight excluding hydrogens is 260 g/mol. The molecule has 1 aromatic rings. The molecule has 1 fully saturated rings. The molecule has 1 N–H and O–H groups in total. The Labute approximate surface area is 128 Å². The van der Waals surface area contributed by atoms with E-state index in [-0.39, 0.29) is 0 Å². The first-order chi connectivity index (χ1) is 10.1. The van der Waals surface area contributed by atoms with Gasteiger partial charge in [0, 0.05) is 19.0 Å². The van der Waals surface area contributed by atoms with Crippen LogP contribution in [0.25, 0.3) is 0 Å². The highest BCUT2D eigenvalue weighted by atomic mass is 15.3. The van der Waals surface area contributed by atoms with E-state index in [1.54, 1.807) is 0 Å². The molecule has 1 aromatic heterocycles. The Hall–Kier alpha value is -0.900. The number of nitrogens with zero attached hydrogens (tertiary/aromatic N) is 3. The average molecular weight is 290 g/mol. The van der Waals surface area contributed by atoms with Gasteiger partial charge < -0.3 is 9.88 Å². The third kappa shape index (κ3) is 3.47. The molecule has 3 atom stereocenters. The van der Waals surface area contributed by atoms with Crippen molar-refractivity contribution in [2.45, 2.75) is 84.3 Å². The summed E-state index contributed by atoms with van der Waals surface area (Å²) in [6.45, 7) is 8.05. The quantitative estimate of drug-likeness (QED) is 0.903. The van der Waals surface area contributed by atoms with Gasteiger partial charge in [0.25, 0.3) is 0 Å². The smallest absolute Gasteiger partial charge is 0.149 e. The van der Waals surface area contributed by atoms with E-state index < -0.39 is 0 Å². The van der Waals surface area contributed by atoms with Crippen LogP contribution in [0.1, 0.15) is 77.0 Å². The molecule has 4 nitrogen and oxygen atoms in total. The highest BCUT2D eigenvalue weighted by Gasteiger charge is 2.26. The maximum atomic E-state index is 4.42. The van der Waals surface area contributed by atoms with Gasteiger partial charge in [0.15, 0.2) is 0 Å². The summed E-state index contributed by atoms with van der Waals surface area (Å²) in [5.74, 6) is 4.06. The van der Waals surface area contributed by atoms with Gasteiger partial charge in [-0.25, -0.2) is 0 Å². The lowest BCUT2D eigenvalue weighted by atomic mass is 9.81. The molecule has 2 heterocycles. The predicted octanol–water partition coefficient (Wildman–Crippen LogP) is 3.48. The Bertz CT molecular complexity index is 465. The minimum atomic E-state index is 0.326. The number of hydrogen-bond acceptors (Lipinski definition) is 3. The molecule has 1 saturated carbocycles. The van der Waals surface area contributed by atoms with Crippen molar-refractivity contribution in [2.24, 2.45) is 11.8 Å². The maximum Gasteiger partial charge on any atom is 0.149 e. The molecule has 4 heteroatoms. The number of aromatic nitrogens is 3. The topological polar surface area (TPSA) is 42.7 Å². The molecule has 3 rings (SSSR count). The molecule has 0 spiro atoms. The SMILES string of the molecule is CC(C)CC1CCCC(NC(C)c2nnc3n2CCC3)C1. The van der Waals surface area contributed by atoms with Gasteiger partial charge in [-0.2, -0.15) is 0 Å². The van der Waals surface area contributed by atoms with E-state index in [0.29, 0.717) is 12.1 Å². The number of aryl methyl sites for hydroxylation is 1. The monoisotopic (exact) mass is 290 g/mol. The van der Waals surface area contributed by atoms with Gasteiger partial charge in [0.1, 0.15) is 11.6 Å². The van der Waals surface area contributed by atoms with E-state index in [0.717, 1.165) is 30.6 Å². The highest BCUT2D eigenvalue weighted by Crippen LogP contribution is 2.30. The maximum absolute atomic E-state index is 4.42. The van der Waals surface area contributed by atoms with Crippen LogP contribution in [-0.4, -0.2) is 20.8 Å². The van der Waals surface area contributed by atoms with Crippen molar-refractivity contribution in [3.8, 4) is 0 Å². The molecule has 21 heavy (non-hydrogen) atoms. The summed E-state index contributed by atoms with van der Waals surface area (Å²) in [4.78, 5) is 0. The van der Waals surface area contributed by atoms with E-state index in [2.05, 4.69) is 40.9 Å². The summed E-state index contributed by atoms with van der Waals surface area (Å²) >= 11 is 0. The summed E-state index contributed by atoms with van der Waals surface area (Å²) in [5.41, 5.74) is 0. The van der Waals surface area contributed by atoms with Crippen molar-refractivity contribution in [1.29, 1.82) is 0 Å². The first-order valence-electron chi connectivity index (χ1n) is 8.81. The van der Waals surface area contributed by atoms with E-state index in [4.69, 9.17) is 0 Å². The molecule has 0 aromatic carbocycles. The van der Waals surface area contributed by atoms with Crippen molar-refractivity contribution in [2.75, 3.05) is 0 Å². The van der Waals surface area contributed by atoms with Crippen LogP contribution in [0.4, 0.5) is 0 Å².